The molecule has 0 aromatic heterocycles. The average molecular weight is 227 g/mol. The van der Waals surface area contributed by atoms with Gasteiger partial charge in [0.1, 0.15) is 17.4 Å². The molecule has 0 amide bonds. The van der Waals surface area contributed by atoms with Gasteiger partial charge < -0.3 is 10.5 Å². The Morgan fingerprint density at radius 3 is 2.00 bits per heavy atom. The summed E-state index contributed by atoms with van der Waals surface area (Å²) in [7, 11) is 1.38. The molecule has 1 aromatic rings. The highest BCUT2D eigenvalue weighted by Crippen LogP contribution is 2.58. The Morgan fingerprint density at radius 2 is 1.69 bits per heavy atom. The monoisotopic (exact) mass is 227 g/mol. The first-order chi connectivity index (χ1) is 7.39. The van der Waals surface area contributed by atoms with Crippen LogP contribution in [-0.2, 0) is 0 Å². The molecule has 2 N–H and O–H groups in total. The second kappa shape index (κ2) is 3.42. The van der Waals surface area contributed by atoms with Gasteiger partial charge in [-0.25, -0.2) is 8.78 Å². The smallest absolute Gasteiger partial charge is 0.133 e. The Labute approximate surface area is 93.4 Å². The summed E-state index contributed by atoms with van der Waals surface area (Å²) < 4.78 is 32.3. The highest BCUT2D eigenvalue weighted by molar-refractivity contribution is 5.40. The van der Waals surface area contributed by atoms with E-state index >= 15 is 0 Å². The fourth-order valence-electron chi connectivity index (χ4n) is 2.21. The molecule has 1 aliphatic rings. The van der Waals surface area contributed by atoms with E-state index in [2.05, 4.69) is 0 Å². The van der Waals surface area contributed by atoms with Crippen LogP contribution in [0.3, 0.4) is 0 Å². The summed E-state index contributed by atoms with van der Waals surface area (Å²) in [5, 5.41) is 0. The molecule has 0 bridgehead atoms. The zero-order valence-corrected chi connectivity index (χ0v) is 9.55. The molecule has 16 heavy (non-hydrogen) atoms. The summed E-state index contributed by atoms with van der Waals surface area (Å²) in [6, 6.07) is 2.20. The standard InChI is InChI=1S/C12H15F2NO/c1-12(2)10(11(12)15)9-7(13)4-6(16-3)5-8(9)14/h4-5,10-11H,15H2,1-3H3/t10-,11-/m0/s1. The maximum atomic E-state index is 13.7. The van der Waals surface area contributed by atoms with Crippen LogP contribution >= 0.6 is 0 Å². The summed E-state index contributed by atoms with van der Waals surface area (Å²) in [4.78, 5) is 0. The van der Waals surface area contributed by atoms with E-state index in [1.54, 1.807) is 0 Å². The van der Waals surface area contributed by atoms with Gasteiger partial charge in [-0.05, 0) is 5.41 Å². The van der Waals surface area contributed by atoms with Crippen LogP contribution in [-0.4, -0.2) is 13.2 Å². The van der Waals surface area contributed by atoms with Gasteiger partial charge in [0, 0.05) is 29.7 Å². The van der Waals surface area contributed by atoms with Gasteiger partial charge in [0.05, 0.1) is 7.11 Å². The molecule has 0 unspecified atom stereocenters. The lowest BCUT2D eigenvalue weighted by atomic mass is 10.0. The molecule has 0 spiro atoms. The van der Waals surface area contributed by atoms with Crippen LogP contribution in [0.4, 0.5) is 8.78 Å². The van der Waals surface area contributed by atoms with Crippen molar-refractivity contribution in [2.75, 3.05) is 7.11 Å². The predicted molar refractivity (Wildman–Crippen MR) is 57.4 cm³/mol. The molecule has 2 rings (SSSR count). The van der Waals surface area contributed by atoms with Crippen molar-refractivity contribution < 1.29 is 13.5 Å². The van der Waals surface area contributed by atoms with Crippen LogP contribution in [0.15, 0.2) is 12.1 Å². The normalized spacial score (nSPS) is 26.6. The van der Waals surface area contributed by atoms with E-state index in [0.29, 0.717) is 0 Å². The van der Waals surface area contributed by atoms with Gasteiger partial charge in [-0.3, -0.25) is 0 Å². The second-order valence-corrected chi connectivity index (χ2v) is 4.83. The van der Waals surface area contributed by atoms with E-state index in [0.717, 1.165) is 0 Å². The van der Waals surface area contributed by atoms with Crippen LogP contribution in [0, 0.1) is 17.0 Å². The Bertz CT molecular complexity index is 408. The molecule has 0 heterocycles. The van der Waals surface area contributed by atoms with Crippen molar-refractivity contribution in [2.24, 2.45) is 11.1 Å². The number of methoxy groups -OCH3 is 1. The topological polar surface area (TPSA) is 35.2 Å². The Hall–Kier alpha value is -1.16. The van der Waals surface area contributed by atoms with Gasteiger partial charge in [-0.1, -0.05) is 13.8 Å². The molecule has 1 aromatic carbocycles. The zero-order valence-electron chi connectivity index (χ0n) is 9.55. The lowest BCUT2D eigenvalue weighted by molar-refractivity contribution is 0.404. The Balaban J connectivity index is 2.44. The minimum absolute atomic E-state index is 0.0818. The highest BCUT2D eigenvalue weighted by Gasteiger charge is 2.58. The van der Waals surface area contributed by atoms with Crippen LogP contribution in [0.25, 0.3) is 0 Å². The van der Waals surface area contributed by atoms with E-state index in [1.165, 1.54) is 19.2 Å². The van der Waals surface area contributed by atoms with Gasteiger partial charge in [-0.2, -0.15) is 0 Å². The van der Waals surface area contributed by atoms with E-state index in [-0.39, 0.29) is 28.7 Å². The summed E-state index contributed by atoms with van der Waals surface area (Å²) >= 11 is 0. The molecule has 0 aliphatic heterocycles. The quantitative estimate of drug-likeness (QED) is 0.842. The molecular weight excluding hydrogens is 212 g/mol. The van der Waals surface area contributed by atoms with Crippen molar-refractivity contribution in [1.82, 2.24) is 0 Å². The fraction of sp³-hybridized carbons (Fsp3) is 0.500. The number of benzene rings is 1. The summed E-state index contributed by atoms with van der Waals surface area (Å²) in [6.45, 7) is 3.82. The van der Waals surface area contributed by atoms with Gasteiger partial charge in [0.2, 0.25) is 0 Å². The molecule has 0 radical (unpaired) electrons. The Kier molecular flexibility index (Phi) is 2.42. The van der Waals surface area contributed by atoms with Crippen molar-refractivity contribution in [1.29, 1.82) is 0 Å². The molecular formula is C12H15F2NO. The lowest BCUT2D eigenvalue weighted by Gasteiger charge is -2.08. The average Bonchev–Trinajstić information content (AvgIpc) is 2.67. The predicted octanol–water partition coefficient (Wildman–Crippen LogP) is 2.42. The Morgan fingerprint density at radius 1 is 1.25 bits per heavy atom. The first-order valence-electron chi connectivity index (χ1n) is 5.18. The third kappa shape index (κ3) is 1.48. The van der Waals surface area contributed by atoms with Crippen molar-refractivity contribution in [3.05, 3.63) is 29.3 Å². The van der Waals surface area contributed by atoms with Crippen LogP contribution in [0.5, 0.6) is 5.75 Å². The lowest BCUT2D eigenvalue weighted by Crippen LogP contribution is -2.07. The number of nitrogens with two attached hydrogens (primary N) is 1. The van der Waals surface area contributed by atoms with E-state index in [4.69, 9.17) is 10.5 Å². The maximum Gasteiger partial charge on any atom is 0.133 e. The maximum absolute atomic E-state index is 13.7. The second-order valence-electron chi connectivity index (χ2n) is 4.83. The number of hydrogen-bond donors (Lipinski definition) is 1. The van der Waals surface area contributed by atoms with Crippen LogP contribution in [0.2, 0.25) is 0 Å². The molecule has 2 nitrogen and oxygen atoms in total. The third-order valence-corrected chi connectivity index (χ3v) is 3.51. The zero-order chi connectivity index (χ0) is 12.1. The largest absolute Gasteiger partial charge is 0.497 e. The first-order valence-corrected chi connectivity index (χ1v) is 5.18. The summed E-state index contributed by atoms with van der Waals surface area (Å²) in [5.74, 6) is -1.23. The number of ether oxygens (including phenoxy) is 1. The number of rotatable bonds is 2. The number of halogens is 2. The molecule has 1 fully saturated rings. The van der Waals surface area contributed by atoms with E-state index < -0.39 is 11.6 Å². The summed E-state index contributed by atoms with van der Waals surface area (Å²) in [6.07, 6.45) is 0. The van der Waals surface area contributed by atoms with Gasteiger partial charge in [0.25, 0.3) is 0 Å². The minimum atomic E-state index is -0.581. The van der Waals surface area contributed by atoms with Crippen LogP contribution < -0.4 is 10.5 Å². The SMILES string of the molecule is COc1cc(F)c([C@H]2[C@H](N)C2(C)C)c(F)c1. The van der Waals surface area contributed by atoms with Gasteiger partial charge in [0.15, 0.2) is 0 Å². The van der Waals surface area contributed by atoms with E-state index in [9.17, 15) is 8.78 Å². The van der Waals surface area contributed by atoms with E-state index in [1.807, 2.05) is 13.8 Å². The molecule has 88 valence electrons. The minimum Gasteiger partial charge on any atom is -0.497 e. The molecule has 2 atom stereocenters. The van der Waals surface area contributed by atoms with Gasteiger partial charge in [-0.15, -0.1) is 0 Å². The fourth-order valence-corrected chi connectivity index (χ4v) is 2.21. The highest BCUT2D eigenvalue weighted by atomic mass is 19.1. The summed E-state index contributed by atoms with van der Waals surface area (Å²) in [5.41, 5.74) is 5.66. The molecule has 1 saturated carbocycles. The molecule has 4 heteroatoms. The van der Waals surface area contributed by atoms with Crippen molar-refractivity contribution in [2.45, 2.75) is 25.8 Å². The van der Waals surface area contributed by atoms with Crippen LogP contribution in [0.1, 0.15) is 25.3 Å². The van der Waals surface area contributed by atoms with Crippen molar-refractivity contribution in [3.63, 3.8) is 0 Å². The molecule has 0 saturated heterocycles. The van der Waals surface area contributed by atoms with Crippen molar-refractivity contribution in [3.8, 4) is 5.75 Å². The molecule has 1 aliphatic carbocycles. The van der Waals surface area contributed by atoms with Gasteiger partial charge >= 0.3 is 0 Å². The van der Waals surface area contributed by atoms with Crippen molar-refractivity contribution >= 4 is 0 Å². The third-order valence-electron chi connectivity index (χ3n) is 3.51. The first kappa shape index (κ1) is 11.3. The number of hydrogen-bond acceptors (Lipinski definition) is 2.